The van der Waals surface area contributed by atoms with Gasteiger partial charge in [0, 0.05) is 19.2 Å². The van der Waals surface area contributed by atoms with Crippen molar-refractivity contribution in [3.63, 3.8) is 0 Å². The van der Waals surface area contributed by atoms with Gasteiger partial charge in [0.1, 0.15) is 0 Å². The highest BCUT2D eigenvalue weighted by molar-refractivity contribution is 5.79. The molecule has 5 nitrogen and oxygen atoms in total. The van der Waals surface area contributed by atoms with E-state index in [1.54, 1.807) is 13.2 Å². The van der Waals surface area contributed by atoms with Crippen molar-refractivity contribution in [3.8, 4) is 11.3 Å². The number of guanidine groups is 1. The predicted octanol–water partition coefficient (Wildman–Crippen LogP) is 3.82. The Labute approximate surface area is 154 Å². The molecule has 0 saturated carbocycles. The number of aromatic nitrogens is 1. The summed E-state index contributed by atoms with van der Waals surface area (Å²) in [5.74, 6) is 2.10. The van der Waals surface area contributed by atoms with Gasteiger partial charge >= 0.3 is 0 Å². The molecule has 1 heterocycles. The summed E-state index contributed by atoms with van der Waals surface area (Å²) >= 11 is 0. The lowest BCUT2D eigenvalue weighted by atomic mass is 10.1. The SMILES string of the molecule is CN=C(NCc1cccc(C)c1)NCc1ncc(-c2ccc(C)cc2)o1. The van der Waals surface area contributed by atoms with E-state index in [1.165, 1.54) is 16.7 Å². The van der Waals surface area contributed by atoms with Crippen molar-refractivity contribution >= 4 is 5.96 Å². The van der Waals surface area contributed by atoms with E-state index in [1.807, 2.05) is 12.1 Å². The van der Waals surface area contributed by atoms with E-state index in [-0.39, 0.29) is 0 Å². The zero-order valence-corrected chi connectivity index (χ0v) is 15.4. The Balaban J connectivity index is 1.55. The average Bonchev–Trinajstić information content (AvgIpc) is 3.11. The van der Waals surface area contributed by atoms with Gasteiger partial charge in [-0.15, -0.1) is 0 Å². The fraction of sp³-hybridized carbons (Fsp3) is 0.238. The number of nitrogens with zero attached hydrogens (tertiary/aromatic N) is 2. The Morgan fingerprint density at radius 2 is 1.77 bits per heavy atom. The molecule has 0 saturated heterocycles. The molecule has 0 bridgehead atoms. The molecule has 0 unspecified atom stereocenters. The molecule has 0 amide bonds. The largest absolute Gasteiger partial charge is 0.439 e. The van der Waals surface area contributed by atoms with Gasteiger partial charge in [-0.05, 0) is 19.4 Å². The first-order chi connectivity index (χ1) is 12.6. The Morgan fingerprint density at radius 3 is 2.50 bits per heavy atom. The molecule has 0 atom stereocenters. The lowest BCUT2D eigenvalue weighted by molar-refractivity contribution is 0.497. The fourth-order valence-electron chi connectivity index (χ4n) is 2.63. The van der Waals surface area contributed by atoms with Crippen LogP contribution >= 0.6 is 0 Å². The normalized spacial score (nSPS) is 11.4. The van der Waals surface area contributed by atoms with Crippen molar-refractivity contribution < 1.29 is 4.42 Å². The summed E-state index contributed by atoms with van der Waals surface area (Å²) in [4.78, 5) is 8.58. The van der Waals surface area contributed by atoms with Gasteiger partial charge < -0.3 is 15.1 Å². The van der Waals surface area contributed by atoms with Crippen LogP contribution in [0.3, 0.4) is 0 Å². The zero-order valence-electron chi connectivity index (χ0n) is 15.4. The number of aliphatic imine (C=N–C) groups is 1. The summed E-state index contributed by atoms with van der Waals surface area (Å²) < 4.78 is 5.83. The monoisotopic (exact) mass is 348 g/mol. The number of benzene rings is 2. The lowest BCUT2D eigenvalue weighted by Crippen LogP contribution is -2.36. The molecule has 0 spiro atoms. The molecule has 2 N–H and O–H groups in total. The Kier molecular flexibility index (Phi) is 5.69. The minimum Gasteiger partial charge on any atom is -0.439 e. The van der Waals surface area contributed by atoms with Gasteiger partial charge in [-0.25, -0.2) is 4.98 Å². The molecule has 134 valence electrons. The smallest absolute Gasteiger partial charge is 0.214 e. The summed E-state index contributed by atoms with van der Waals surface area (Å²) in [6.07, 6.45) is 1.75. The van der Waals surface area contributed by atoms with Gasteiger partial charge in [-0.1, -0.05) is 59.7 Å². The zero-order chi connectivity index (χ0) is 18.4. The van der Waals surface area contributed by atoms with E-state index in [2.05, 4.69) is 70.9 Å². The summed E-state index contributed by atoms with van der Waals surface area (Å²) in [6.45, 7) is 5.33. The maximum atomic E-state index is 5.83. The fourth-order valence-corrected chi connectivity index (χ4v) is 2.63. The third kappa shape index (κ3) is 4.72. The van der Waals surface area contributed by atoms with Crippen LogP contribution < -0.4 is 10.6 Å². The first kappa shape index (κ1) is 17.7. The minimum atomic E-state index is 0.472. The van der Waals surface area contributed by atoms with Gasteiger partial charge in [-0.3, -0.25) is 4.99 Å². The number of oxazole rings is 1. The molecule has 0 radical (unpaired) electrons. The molecule has 3 aromatic rings. The Hall–Kier alpha value is -3.08. The van der Waals surface area contributed by atoms with Crippen LogP contribution in [-0.2, 0) is 13.1 Å². The van der Waals surface area contributed by atoms with E-state index in [9.17, 15) is 0 Å². The van der Waals surface area contributed by atoms with Crippen LogP contribution in [0.2, 0.25) is 0 Å². The molecular weight excluding hydrogens is 324 g/mol. The number of aryl methyl sites for hydroxylation is 2. The molecule has 0 aliphatic carbocycles. The van der Waals surface area contributed by atoms with Gasteiger partial charge in [0.2, 0.25) is 5.89 Å². The Morgan fingerprint density at radius 1 is 1.00 bits per heavy atom. The number of hydrogen-bond acceptors (Lipinski definition) is 3. The van der Waals surface area contributed by atoms with E-state index < -0.39 is 0 Å². The molecule has 0 aliphatic rings. The van der Waals surface area contributed by atoms with Crippen molar-refractivity contribution in [1.82, 2.24) is 15.6 Å². The highest BCUT2D eigenvalue weighted by Crippen LogP contribution is 2.20. The predicted molar refractivity (Wildman–Crippen MR) is 105 cm³/mol. The third-order valence-electron chi connectivity index (χ3n) is 4.06. The lowest BCUT2D eigenvalue weighted by Gasteiger charge is -2.11. The van der Waals surface area contributed by atoms with Crippen LogP contribution in [0.25, 0.3) is 11.3 Å². The summed E-state index contributed by atoms with van der Waals surface area (Å²) in [7, 11) is 1.75. The van der Waals surface area contributed by atoms with Gasteiger partial charge in [0.25, 0.3) is 0 Å². The molecule has 1 aromatic heterocycles. The molecular formula is C21H24N4O. The molecule has 0 aliphatic heterocycles. The molecule has 26 heavy (non-hydrogen) atoms. The second-order valence-corrected chi connectivity index (χ2v) is 6.25. The molecule has 5 heteroatoms. The average molecular weight is 348 g/mol. The first-order valence-corrected chi connectivity index (χ1v) is 8.66. The Bertz CT molecular complexity index is 881. The van der Waals surface area contributed by atoms with Crippen molar-refractivity contribution in [2.45, 2.75) is 26.9 Å². The van der Waals surface area contributed by atoms with Crippen LogP contribution in [0.4, 0.5) is 0 Å². The van der Waals surface area contributed by atoms with Crippen molar-refractivity contribution in [3.05, 3.63) is 77.3 Å². The second kappa shape index (κ2) is 8.34. The summed E-state index contributed by atoms with van der Waals surface area (Å²) in [5, 5.41) is 6.52. The summed E-state index contributed by atoms with van der Waals surface area (Å²) in [5.41, 5.74) is 4.70. The van der Waals surface area contributed by atoms with Gasteiger partial charge in [0.05, 0.1) is 12.7 Å². The summed E-state index contributed by atoms with van der Waals surface area (Å²) in [6, 6.07) is 16.6. The van der Waals surface area contributed by atoms with Crippen LogP contribution in [0.5, 0.6) is 0 Å². The highest BCUT2D eigenvalue weighted by atomic mass is 16.4. The van der Waals surface area contributed by atoms with Crippen LogP contribution in [0, 0.1) is 13.8 Å². The van der Waals surface area contributed by atoms with Crippen molar-refractivity contribution in [1.29, 1.82) is 0 Å². The maximum Gasteiger partial charge on any atom is 0.214 e. The van der Waals surface area contributed by atoms with E-state index in [0.29, 0.717) is 24.9 Å². The van der Waals surface area contributed by atoms with Crippen LogP contribution in [-0.4, -0.2) is 18.0 Å². The topological polar surface area (TPSA) is 62.5 Å². The standard InChI is InChI=1S/C21H24N4O/c1-15-7-9-18(10-8-15)19-13-23-20(26-19)14-25-21(22-3)24-12-17-6-4-5-16(2)11-17/h4-11,13H,12,14H2,1-3H3,(H2,22,24,25). The van der Waals surface area contributed by atoms with Crippen LogP contribution in [0.15, 0.2) is 64.1 Å². The second-order valence-electron chi connectivity index (χ2n) is 6.25. The van der Waals surface area contributed by atoms with Gasteiger partial charge in [0.15, 0.2) is 11.7 Å². The van der Waals surface area contributed by atoms with E-state index >= 15 is 0 Å². The molecule has 3 rings (SSSR count). The van der Waals surface area contributed by atoms with Gasteiger partial charge in [-0.2, -0.15) is 0 Å². The molecule has 2 aromatic carbocycles. The van der Waals surface area contributed by atoms with Crippen molar-refractivity contribution in [2.24, 2.45) is 4.99 Å². The number of hydrogen-bond donors (Lipinski definition) is 2. The number of nitrogens with one attached hydrogen (secondary N) is 2. The highest BCUT2D eigenvalue weighted by Gasteiger charge is 2.07. The molecule has 0 fully saturated rings. The van der Waals surface area contributed by atoms with Crippen LogP contribution in [0.1, 0.15) is 22.6 Å². The maximum absolute atomic E-state index is 5.83. The number of rotatable bonds is 5. The van der Waals surface area contributed by atoms with E-state index in [0.717, 1.165) is 11.3 Å². The van der Waals surface area contributed by atoms with Crippen molar-refractivity contribution in [2.75, 3.05) is 7.05 Å². The first-order valence-electron chi connectivity index (χ1n) is 8.66. The van der Waals surface area contributed by atoms with E-state index in [4.69, 9.17) is 4.42 Å². The minimum absolute atomic E-state index is 0.472. The quantitative estimate of drug-likeness (QED) is 0.543. The third-order valence-corrected chi connectivity index (χ3v) is 4.06.